The zero-order chi connectivity index (χ0) is 37.6. The standard InChI is InChI=1S/C39H52N6O7/c1-24-18-33(31(36(46)40-7)19-30(24)37(47)43-35-25(2)17-29(21-42-35)50-16-15-49-8)51-34(32-12-11-28(20-41-32)27-9-10-27)23-44-13-14-45(26(3)22-44)38(48)52-39(4,5)6/h11-12,17-21,26-27,34H,9-10,13-16,22-23H2,1-8H3,(H,40,46)(H,42,43,47)/t26-,34-/m1/s1. The summed E-state index contributed by atoms with van der Waals surface area (Å²) in [5.74, 6) is 1.02. The van der Waals surface area contributed by atoms with Crippen LogP contribution in [0.25, 0.3) is 0 Å². The second-order valence-corrected chi connectivity index (χ2v) is 14.6. The van der Waals surface area contributed by atoms with Crippen molar-refractivity contribution in [1.82, 2.24) is 25.1 Å². The number of ether oxygens (including phenoxy) is 4. The zero-order valence-corrected chi connectivity index (χ0v) is 31.6. The molecule has 2 atom stereocenters. The van der Waals surface area contributed by atoms with E-state index in [-0.39, 0.29) is 17.7 Å². The summed E-state index contributed by atoms with van der Waals surface area (Å²) in [6.45, 7) is 14.2. The van der Waals surface area contributed by atoms with Crippen molar-refractivity contribution < 1.29 is 33.3 Å². The molecule has 0 spiro atoms. The van der Waals surface area contributed by atoms with Crippen LogP contribution >= 0.6 is 0 Å². The van der Waals surface area contributed by atoms with Gasteiger partial charge in [-0.15, -0.1) is 0 Å². The third-order valence-corrected chi connectivity index (χ3v) is 9.10. The second kappa shape index (κ2) is 16.7. The molecule has 0 unspecified atom stereocenters. The number of hydrogen-bond donors (Lipinski definition) is 2. The number of nitrogens with zero attached hydrogens (tertiary/aromatic N) is 4. The van der Waals surface area contributed by atoms with Crippen LogP contribution in [0.3, 0.4) is 0 Å². The Hall–Kier alpha value is -4.75. The molecule has 1 saturated heterocycles. The Labute approximate surface area is 306 Å². The zero-order valence-electron chi connectivity index (χ0n) is 31.6. The molecule has 13 nitrogen and oxygen atoms in total. The van der Waals surface area contributed by atoms with Gasteiger partial charge in [0.05, 0.1) is 24.1 Å². The van der Waals surface area contributed by atoms with Crippen molar-refractivity contribution in [3.8, 4) is 11.5 Å². The maximum absolute atomic E-state index is 13.6. The molecule has 0 radical (unpaired) electrons. The number of aromatic nitrogens is 2. The van der Waals surface area contributed by atoms with Gasteiger partial charge >= 0.3 is 6.09 Å². The number of pyridine rings is 2. The molecule has 1 aliphatic heterocycles. The third-order valence-electron chi connectivity index (χ3n) is 9.10. The summed E-state index contributed by atoms with van der Waals surface area (Å²) in [6, 6.07) is 9.08. The summed E-state index contributed by atoms with van der Waals surface area (Å²) < 4.78 is 23.0. The van der Waals surface area contributed by atoms with E-state index in [2.05, 4.69) is 26.6 Å². The number of methoxy groups -OCH3 is 1. The van der Waals surface area contributed by atoms with Gasteiger partial charge < -0.3 is 34.5 Å². The van der Waals surface area contributed by atoms with Gasteiger partial charge in [-0.05, 0) is 101 Å². The lowest BCUT2D eigenvalue weighted by molar-refractivity contribution is -0.00317. The van der Waals surface area contributed by atoms with Crippen LogP contribution in [0.2, 0.25) is 0 Å². The SMILES string of the molecule is CNC(=O)c1cc(C(=O)Nc2ncc(OCCOC)cc2C)c(C)cc1O[C@H](CN1CCN(C(=O)OC(C)(C)C)[C@H](C)C1)c1ccc(C2CC2)cn1. The molecule has 280 valence electrons. The van der Waals surface area contributed by atoms with Crippen molar-refractivity contribution in [1.29, 1.82) is 0 Å². The van der Waals surface area contributed by atoms with Gasteiger partial charge in [-0.2, -0.15) is 0 Å². The van der Waals surface area contributed by atoms with Crippen LogP contribution in [0.15, 0.2) is 42.7 Å². The number of carbonyl (C=O) groups excluding carboxylic acids is 3. The van der Waals surface area contributed by atoms with Gasteiger partial charge in [-0.1, -0.05) is 6.07 Å². The number of amides is 3. The van der Waals surface area contributed by atoms with Gasteiger partial charge in [-0.3, -0.25) is 19.5 Å². The van der Waals surface area contributed by atoms with E-state index >= 15 is 0 Å². The summed E-state index contributed by atoms with van der Waals surface area (Å²) in [7, 11) is 3.14. The van der Waals surface area contributed by atoms with Crippen molar-refractivity contribution in [2.24, 2.45) is 0 Å². The van der Waals surface area contributed by atoms with E-state index in [1.807, 2.05) is 46.9 Å². The summed E-state index contributed by atoms with van der Waals surface area (Å²) in [6.07, 6.45) is 4.92. The second-order valence-electron chi connectivity index (χ2n) is 14.6. The minimum atomic E-state index is -0.580. The van der Waals surface area contributed by atoms with E-state index in [0.29, 0.717) is 73.8 Å². The average molecular weight is 717 g/mol. The fraction of sp³-hybridized carbons (Fsp3) is 0.513. The molecule has 52 heavy (non-hydrogen) atoms. The van der Waals surface area contributed by atoms with Crippen LogP contribution in [-0.2, 0) is 9.47 Å². The Morgan fingerprint density at radius 1 is 0.962 bits per heavy atom. The van der Waals surface area contributed by atoms with Crippen molar-refractivity contribution in [3.05, 3.63) is 76.2 Å². The lowest BCUT2D eigenvalue weighted by Crippen LogP contribution is -2.55. The monoisotopic (exact) mass is 716 g/mol. The number of hydrogen-bond acceptors (Lipinski definition) is 10. The van der Waals surface area contributed by atoms with Gasteiger partial charge in [0.2, 0.25) is 0 Å². The molecular weight excluding hydrogens is 664 g/mol. The van der Waals surface area contributed by atoms with E-state index in [0.717, 1.165) is 11.3 Å². The Balaban J connectivity index is 1.38. The van der Waals surface area contributed by atoms with E-state index in [1.165, 1.54) is 25.5 Å². The van der Waals surface area contributed by atoms with Crippen molar-refractivity contribution in [3.63, 3.8) is 0 Å². The molecule has 13 heteroatoms. The summed E-state index contributed by atoms with van der Waals surface area (Å²) in [4.78, 5) is 53.0. The molecule has 2 N–H and O–H groups in total. The number of rotatable bonds is 13. The van der Waals surface area contributed by atoms with Crippen molar-refractivity contribution in [2.45, 2.75) is 78.0 Å². The molecular formula is C39H52N6O7. The fourth-order valence-electron chi connectivity index (χ4n) is 6.15. The Morgan fingerprint density at radius 2 is 1.73 bits per heavy atom. The number of carbonyl (C=O) groups is 3. The van der Waals surface area contributed by atoms with Crippen molar-refractivity contribution >= 4 is 23.7 Å². The molecule has 1 saturated carbocycles. The van der Waals surface area contributed by atoms with Crippen LogP contribution < -0.4 is 20.1 Å². The van der Waals surface area contributed by atoms with E-state index in [9.17, 15) is 14.4 Å². The highest BCUT2D eigenvalue weighted by Gasteiger charge is 2.33. The Morgan fingerprint density at radius 3 is 2.35 bits per heavy atom. The molecule has 1 aliphatic carbocycles. The average Bonchev–Trinajstić information content (AvgIpc) is 3.94. The number of benzene rings is 1. The largest absolute Gasteiger partial charge is 0.490 e. The topological polar surface area (TPSA) is 144 Å². The molecule has 3 heterocycles. The number of anilines is 1. The molecule has 0 bridgehead atoms. The first-order valence-electron chi connectivity index (χ1n) is 17.9. The number of aryl methyl sites for hydroxylation is 2. The highest BCUT2D eigenvalue weighted by Crippen LogP contribution is 2.40. The highest BCUT2D eigenvalue weighted by molar-refractivity contribution is 6.07. The van der Waals surface area contributed by atoms with Crippen molar-refractivity contribution in [2.75, 3.05) is 58.9 Å². The molecule has 2 aliphatic rings. The summed E-state index contributed by atoms with van der Waals surface area (Å²) in [5, 5.41) is 5.57. The third kappa shape index (κ3) is 9.97. The lowest BCUT2D eigenvalue weighted by atomic mass is 10.0. The first-order valence-corrected chi connectivity index (χ1v) is 17.9. The quantitative estimate of drug-likeness (QED) is 0.213. The van der Waals surface area contributed by atoms with Crippen LogP contribution in [0, 0.1) is 13.8 Å². The minimum absolute atomic E-state index is 0.0894. The molecule has 5 rings (SSSR count). The lowest BCUT2D eigenvalue weighted by Gasteiger charge is -2.41. The van der Waals surface area contributed by atoms with Crippen LogP contribution in [0.4, 0.5) is 10.6 Å². The van der Waals surface area contributed by atoms with Gasteiger partial charge in [0.1, 0.15) is 29.5 Å². The molecule has 2 fully saturated rings. The van der Waals surface area contributed by atoms with Crippen LogP contribution in [0.5, 0.6) is 11.5 Å². The van der Waals surface area contributed by atoms with E-state index < -0.39 is 23.5 Å². The molecule has 1 aromatic carbocycles. The molecule has 3 aromatic rings. The van der Waals surface area contributed by atoms with Gasteiger partial charge in [0.25, 0.3) is 11.8 Å². The molecule has 2 aromatic heterocycles. The fourth-order valence-corrected chi connectivity index (χ4v) is 6.15. The van der Waals surface area contributed by atoms with Crippen LogP contribution in [0.1, 0.15) is 95.7 Å². The van der Waals surface area contributed by atoms with Crippen LogP contribution in [-0.4, -0.2) is 103 Å². The number of nitrogens with one attached hydrogen (secondary N) is 2. The van der Waals surface area contributed by atoms with E-state index in [1.54, 1.807) is 43.3 Å². The van der Waals surface area contributed by atoms with Gasteiger partial charge in [0, 0.05) is 58.1 Å². The smallest absolute Gasteiger partial charge is 0.410 e. The maximum Gasteiger partial charge on any atom is 0.410 e. The Kier molecular flexibility index (Phi) is 12.4. The minimum Gasteiger partial charge on any atom is -0.490 e. The summed E-state index contributed by atoms with van der Waals surface area (Å²) >= 11 is 0. The predicted octanol–water partition coefficient (Wildman–Crippen LogP) is 5.67. The number of piperazine rings is 1. The predicted molar refractivity (Wildman–Crippen MR) is 197 cm³/mol. The van der Waals surface area contributed by atoms with Gasteiger partial charge in [-0.25, -0.2) is 9.78 Å². The van der Waals surface area contributed by atoms with E-state index in [4.69, 9.17) is 23.9 Å². The normalized spacial score (nSPS) is 16.9. The highest BCUT2D eigenvalue weighted by atomic mass is 16.6. The first-order chi connectivity index (χ1) is 24.8. The molecule has 3 amide bonds. The summed E-state index contributed by atoms with van der Waals surface area (Å²) in [5.41, 5.74) is 3.21. The maximum atomic E-state index is 13.6. The van der Waals surface area contributed by atoms with Gasteiger partial charge in [0.15, 0.2) is 6.10 Å². The first kappa shape index (κ1) is 38.5. The Bertz CT molecular complexity index is 1740.